The topological polar surface area (TPSA) is 55.6 Å². The number of aryl methyl sites for hydroxylation is 1. The van der Waals surface area contributed by atoms with Crippen molar-refractivity contribution in [2.45, 2.75) is 6.42 Å². The Hall–Kier alpha value is -1.62. The monoisotopic (exact) mass is 237 g/mol. The van der Waals surface area contributed by atoms with Gasteiger partial charge in [-0.1, -0.05) is 11.6 Å². The lowest BCUT2D eigenvalue weighted by atomic mass is 10.4. The van der Waals surface area contributed by atoms with E-state index in [1.54, 1.807) is 23.3 Å². The number of halogens is 1. The van der Waals surface area contributed by atoms with Gasteiger partial charge in [-0.25, -0.2) is 9.97 Å². The van der Waals surface area contributed by atoms with Crippen molar-refractivity contribution in [2.24, 2.45) is 7.05 Å². The van der Waals surface area contributed by atoms with Gasteiger partial charge in [0.05, 0.1) is 5.02 Å². The van der Waals surface area contributed by atoms with Crippen molar-refractivity contribution in [2.75, 3.05) is 11.9 Å². The second kappa shape index (κ2) is 4.94. The summed E-state index contributed by atoms with van der Waals surface area (Å²) in [5.41, 5.74) is 0. The van der Waals surface area contributed by atoms with Crippen LogP contribution in [0.3, 0.4) is 0 Å². The van der Waals surface area contributed by atoms with Gasteiger partial charge in [0.25, 0.3) is 0 Å². The number of hydrogen-bond donors (Lipinski definition) is 1. The molecule has 0 atom stereocenters. The van der Waals surface area contributed by atoms with E-state index >= 15 is 0 Å². The molecule has 1 N–H and O–H groups in total. The van der Waals surface area contributed by atoms with Crippen LogP contribution in [0.25, 0.3) is 0 Å². The SMILES string of the molecule is Cn1cnc(CCNc2ccc(Cl)cn2)n1. The van der Waals surface area contributed by atoms with Crippen molar-refractivity contribution in [3.63, 3.8) is 0 Å². The van der Waals surface area contributed by atoms with Crippen molar-refractivity contribution in [3.05, 3.63) is 35.5 Å². The van der Waals surface area contributed by atoms with Crippen LogP contribution in [0.1, 0.15) is 5.82 Å². The molecule has 6 heteroatoms. The van der Waals surface area contributed by atoms with Crippen LogP contribution in [-0.4, -0.2) is 26.3 Å². The first kappa shape index (κ1) is 10.9. The average Bonchev–Trinajstić information content (AvgIpc) is 2.67. The number of pyridine rings is 1. The number of nitrogens with zero attached hydrogens (tertiary/aromatic N) is 4. The fourth-order valence-corrected chi connectivity index (χ4v) is 1.39. The summed E-state index contributed by atoms with van der Waals surface area (Å²) in [6.07, 6.45) is 4.07. The Morgan fingerprint density at radius 3 is 2.88 bits per heavy atom. The maximum absolute atomic E-state index is 5.73. The molecule has 2 rings (SSSR count). The third kappa shape index (κ3) is 2.93. The van der Waals surface area contributed by atoms with Crippen LogP contribution in [0.2, 0.25) is 5.02 Å². The van der Waals surface area contributed by atoms with E-state index in [2.05, 4.69) is 20.4 Å². The lowest BCUT2D eigenvalue weighted by Gasteiger charge is -2.02. The molecule has 0 bridgehead atoms. The van der Waals surface area contributed by atoms with Crippen LogP contribution >= 0.6 is 11.6 Å². The predicted octanol–water partition coefficient (Wildman–Crippen LogP) is 1.52. The van der Waals surface area contributed by atoms with Crippen LogP contribution in [0.5, 0.6) is 0 Å². The van der Waals surface area contributed by atoms with Crippen molar-refractivity contribution in [3.8, 4) is 0 Å². The summed E-state index contributed by atoms with van der Waals surface area (Å²) in [7, 11) is 1.85. The molecule has 0 aromatic carbocycles. The number of aromatic nitrogens is 4. The van der Waals surface area contributed by atoms with E-state index < -0.39 is 0 Å². The van der Waals surface area contributed by atoms with Crippen LogP contribution in [0.15, 0.2) is 24.7 Å². The number of rotatable bonds is 4. The second-order valence-electron chi connectivity index (χ2n) is 3.37. The highest BCUT2D eigenvalue weighted by Crippen LogP contribution is 2.09. The molecule has 0 spiro atoms. The summed E-state index contributed by atoms with van der Waals surface area (Å²) in [5, 5.41) is 7.99. The van der Waals surface area contributed by atoms with Gasteiger partial charge in [0.1, 0.15) is 12.1 Å². The van der Waals surface area contributed by atoms with Crippen molar-refractivity contribution < 1.29 is 0 Å². The first-order valence-corrected chi connectivity index (χ1v) is 5.32. The number of nitrogens with one attached hydrogen (secondary N) is 1. The van der Waals surface area contributed by atoms with Gasteiger partial charge in [0, 0.05) is 26.2 Å². The molecule has 0 amide bonds. The molecule has 0 aliphatic heterocycles. The zero-order chi connectivity index (χ0) is 11.4. The Morgan fingerprint density at radius 2 is 2.25 bits per heavy atom. The quantitative estimate of drug-likeness (QED) is 0.876. The minimum atomic E-state index is 0.636. The molecular formula is C10H12ClN5. The van der Waals surface area contributed by atoms with Gasteiger partial charge in [-0.05, 0) is 12.1 Å². The standard InChI is InChI=1S/C10H12ClN5/c1-16-7-14-10(15-16)4-5-12-9-3-2-8(11)6-13-9/h2-3,6-7H,4-5H2,1H3,(H,12,13). The van der Waals surface area contributed by atoms with Crippen molar-refractivity contribution >= 4 is 17.4 Å². The third-order valence-electron chi connectivity index (χ3n) is 2.03. The summed E-state index contributed by atoms with van der Waals surface area (Å²) in [6.45, 7) is 0.749. The maximum Gasteiger partial charge on any atom is 0.152 e. The fourth-order valence-electron chi connectivity index (χ4n) is 1.28. The highest BCUT2D eigenvalue weighted by Gasteiger charge is 1.98. The van der Waals surface area contributed by atoms with Crippen LogP contribution < -0.4 is 5.32 Å². The molecule has 5 nitrogen and oxygen atoms in total. The lowest BCUT2D eigenvalue weighted by molar-refractivity contribution is 0.742. The maximum atomic E-state index is 5.73. The molecule has 16 heavy (non-hydrogen) atoms. The Morgan fingerprint density at radius 1 is 1.38 bits per heavy atom. The highest BCUT2D eigenvalue weighted by molar-refractivity contribution is 6.30. The average molecular weight is 238 g/mol. The fraction of sp³-hybridized carbons (Fsp3) is 0.300. The molecule has 2 aromatic heterocycles. The Labute approximate surface area is 98.5 Å². The summed E-state index contributed by atoms with van der Waals surface area (Å²) in [5.74, 6) is 1.63. The Balaban J connectivity index is 1.82. The molecule has 0 radical (unpaired) electrons. The summed E-state index contributed by atoms with van der Waals surface area (Å²) in [4.78, 5) is 8.26. The van der Waals surface area contributed by atoms with Gasteiger partial charge in [-0.2, -0.15) is 5.10 Å². The molecule has 84 valence electrons. The first-order chi connectivity index (χ1) is 7.74. The normalized spacial score (nSPS) is 10.4. The van der Waals surface area contributed by atoms with E-state index in [1.807, 2.05) is 13.1 Å². The van der Waals surface area contributed by atoms with Gasteiger partial charge >= 0.3 is 0 Å². The van der Waals surface area contributed by atoms with Crippen molar-refractivity contribution in [1.29, 1.82) is 0 Å². The van der Waals surface area contributed by atoms with E-state index in [4.69, 9.17) is 11.6 Å². The van der Waals surface area contributed by atoms with Gasteiger partial charge in [0.15, 0.2) is 5.82 Å². The molecule has 2 aromatic rings. The zero-order valence-electron chi connectivity index (χ0n) is 8.89. The van der Waals surface area contributed by atoms with E-state index in [0.29, 0.717) is 5.02 Å². The lowest BCUT2D eigenvalue weighted by Crippen LogP contribution is -2.07. The van der Waals surface area contributed by atoms with Crippen LogP contribution in [0, 0.1) is 0 Å². The van der Waals surface area contributed by atoms with E-state index in [-0.39, 0.29) is 0 Å². The molecule has 0 unspecified atom stereocenters. The largest absolute Gasteiger partial charge is 0.370 e. The molecule has 0 saturated carbocycles. The molecule has 0 saturated heterocycles. The molecule has 0 aliphatic rings. The summed E-state index contributed by atoms with van der Waals surface area (Å²) < 4.78 is 1.69. The second-order valence-corrected chi connectivity index (χ2v) is 3.81. The molecule has 0 aliphatic carbocycles. The Bertz CT molecular complexity index is 450. The molecule has 2 heterocycles. The smallest absolute Gasteiger partial charge is 0.152 e. The van der Waals surface area contributed by atoms with E-state index in [9.17, 15) is 0 Å². The highest BCUT2D eigenvalue weighted by atomic mass is 35.5. The van der Waals surface area contributed by atoms with Crippen LogP contribution in [-0.2, 0) is 13.5 Å². The number of anilines is 1. The van der Waals surface area contributed by atoms with Gasteiger partial charge < -0.3 is 5.32 Å². The van der Waals surface area contributed by atoms with Gasteiger partial charge in [-0.3, -0.25) is 4.68 Å². The predicted molar refractivity (Wildman–Crippen MR) is 62.4 cm³/mol. The van der Waals surface area contributed by atoms with Crippen molar-refractivity contribution in [1.82, 2.24) is 19.7 Å². The minimum absolute atomic E-state index is 0.636. The van der Waals surface area contributed by atoms with E-state index in [0.717, 1.165) is 24.6 Å². The number of hydrogen-bond acceptors (Lipinski definition) is 4. The summed E-state index contributed by atoms with van der Waals surface area (Å²) >= 11 is 5.73. The van der Waals surface area contributed by atoms with Gasteiger partial charge in [-0.15, -0.1) is 0 Å². The first-order valence-electron chi connectivity index (χ1n) is 4.94. The molecular weight excluding hydrogens is 226 g/mol. The molecule has 0 fully saturated rings. The van der Waals surface area contributed by atoms with Gasteiger partial charge in [0.2, 0.25) is 0 Å². The third-order valence-corrected chi connectivity index (χ3v) is 2.25. The Kier molecular flexibility index (Phi) is 3.36. The minimum Gasteiger partial charge on any atom is -0.370 e. The summed E-state index contributed by atoms with van der Waals surface area (Å²) in [6, 6.07) is 3.64. The van der Waals surface area contributed by atoms with Crippen LogP contribution in [0.4, 0.5) is 5.82 Å². The van der Waals surface area contributed by atoms with E-state index in [1.165, 1.54) is 0 Å². The zero-order valence-corrected chi connectivity index (χ0v) is 9.65.